The molecule has 2 rings (SSSR count). The van der Waals surface area contributed by atoms with E-state index in [-0.39, 0.29) is 17.5 Å². The Balaban J connectivity index is 1.99. The summed E-state index contributed by atoms with van der Waals surface area (Å²) in [4.78, 5) is 16.2. The quantitative estimate of drug-likeness (QED) is 0.826. The number of aryl methyl sites for hydroxylation is 1. The van der Waals surface area contributed by atoms with Gasteiger partial charge in [-0.3, -0.25) is 9.78 Å². The number of hydrogen-bond donors (Lipinski definition) is 2. The molecule has 0 aliphatic heterocycles. The Morgan fingerprint density at radius 1 is 1.33 bits per heavy atom. The molecule has 21 heavy (non-hydrogen) atoms. The average Bonchev–Trinajstić information content (AvgIpc) is 2.48. The van der Waals surface area contributed by atoms with Gasteiger partial charge in [0.2, 0.25) is 0 Å². The highest BCUT2D eigenvalue weighted by Crippen LogP contribution is 2.18. The molecule has 1 aromatic heterocycles. The molecule has 108 valence electrons. The highest BCUT2D eigenvalue weighted by atomic mass is 32.1. The van der Waals surface area contributed by atoms with Crippen LogP contribution in [0, 0.1) is 6.92 Å². The van der Waals surface area contributed by atoms with Crippen molar-refractivity contribution in [3.63, 3.8) is 0 Å². The summed E-state index contributed by atoms with van der Waals surface area (Å²) in [6, 6.07) is 10.6. The minimum Gasteiger partial charge on any atom is -0.483 e. The van der Waals surface area contributed by atoms with E-state index in [1.807, 2.05) is 6.92 Å². The molecule has 0 fully saturated rings. The fourth-order valence-corrected chi connectivity index (χ4v) is 1.91. The van der Waals surface area contributed by atoms with Crippen LogP contribution in [-0.2, 0) is 4.79 Å². The number of para-hydroxylation sites is 1. The van der Waals surface area contributed by atoms with Crippen LogP contribution in [0.1, 0.15) is 11.3 Å². The first kappa shape index (κ1) is 14.9. The SMILES string of the molecule is Cc1ncccc1NC(=O)COc1ccccc1C(N)=S. The molecule has 1 aromatic carbocycles. The lowest BCUT2D eigenvalue weighted by Gasteiger charge is -2.11. The number of nitrogens with zero attached hydrogens (tertiary/aromatic N) is 1. The molecule has 0 atom stereocenters. The molecule has 2 aromatic rings. The van der Waals surface area contributed by atoms with E-state index < -0.39 is 0 Å². The average molecular weight is 301 g/mol. The Kier molecular flexibility index (Phi) is 4.84. The van der Waals surface area contributed by atoms with E-state index in [4.69, 9.17) is 22.7 Å². The van der Waals surface area contributed by atoms with Crippen LogP contribution in [0.2, 0.25) is 0 Å². The molecule has 1 heterocycles. The van der Waals surface area contributed by atoms with Gasteiger partial charge < -0.3 is 15.8 Å². The van der Waals surface area contributed by atoms with Gasteiger partial charge in [-0.2, -0.15) is 0 Å². The molecule has 0 aliphatic carbocycles. The maximum Gasteiger partial charge on any atom is 0.262 e. The van der Waals surface area contributed by atoms with Crippen molar-refractivity contribution in [2.75, 3.05) is 11.9 Å². The van der Waals surface area contributed by atoms with E-state index in [9.17, 15) is 4.79 Å². The predicted molar refractivity (Wildman–Crippen MR) is 85.4 cm³/mol. The fraction of sp³-hybridized carbons (Fsp3) is 0.133. The maximum absolute atomic E-state index is 11.9. The van der Waals surface area contributed by atoms with Crippen molar-refractivity contribution in [1.29, 1.82) is 0 Å². The van der Waals surface area contributed by atoms with Gasteiger partial charge in [0.15, 0.2) is 6.61 Å². The van der Waals surface area contributed by atoms with E-state index in [0.717, 1.165) is 5.69 Å². The number of aromatic nitrogens is 1. The maximum atomic E-state index is 11.9. The van der Waals surface area contributed by atoms with Gasteiger partial charge >= 0.3 is 0 Å². The number of anilines is 1. The van der Waals surface area contributed by atoms with Crippen LogP contribution in [0.25, 0.3) is 0 Å². The predicted octanol–water partition coefficient (Wildman–Crippen LogP) is 2.04. The van der Waals surface area contributed by atoms with Crippen LogP contribution < -0.4 is 15.8 Å². The van der Waals surface area contributed by atoms with Gasteiger partial charge in [-0.1, -0.05) is 24.4 Å². The van der Waals surface area contributed by atoms with Gasteiger partial charge in [0.05, 0.1) is 16.9 Å². The summed E-state index contributed by atoms with van der Waals surface area (Å²) in [5.41, 5.74) is 7.62. The number of benzene rings is 1. The minimum atomic E-state index is -0.274. The summed E-state index contributed by atoms with van der Waals surface area (Å²) in [5, 5.41) is 2.74. The highest BCUT2D eigenvalue weighted by molar-refractivity contribution is 7.80. The van der Waals surface area contributed by atoms with E-state index in [1.165, 1.54) is 0 Å². The molecule has 6 heteroatoms. The standard InChI is InChI=1S/C15H15N3O2S/c1-10-12(6-4-8-17-10)18-14(19)9-20-13-7-3-2-5-11(13)15(16)21/h2-8H,9H2,1H3,(H2,16,21)(H,18,19). The molecule has 3 N–H and O–H groups in total. The number of carbonyl (C=O) groups excluding carboxylic acids is 1. The number of pyridine rings is 1. The molecule has 0 bridgehead atoms. The van der Waals surface area contributed by atoms with Crippen molar-refractivity contribution in [1.82, 2.24) is 4.98 Å². The Morgan fingerprint density at radius 2 is 2.10 bits per heavy atom. The Labute approximate surface area is 128 Å². The second-order valence-electron chi connectivity index (χ2n) is 4.33. The summed E-state index contributed by atoms with van der Waals surface area (Å²) in [6.45, 7) is 1.69. The molecule has 0 saturated heterocycles. The number of hydrogen-bond acceptors (Lipinski definition) is 4. The normalized spacial score (nSPS) is 9.95. The van der Waals surface area contributed by atoms with Crippen LogP contribution in [0.3, 0.4) is 0 Å². The smallest absolute Gasteiger partial charge is 0.262 e. The van der Waals surface area contributed by atoms with Crippen molar-refractivity contribution in [3.05, 3.63) is 53.9 Å². The Bertz CT molecular complexity index is 673. The van der Waals surface area contributed by atoms with Crippen LogP contribution in [0.5, 0.6) is 5.75 Å². The summed E-state index contributed by atoms with van der Waals surface area (Å²) in [5.74, 6) is 0.215. The first-order chi connectivity index (χ1) is 10.1. The summed E-state index contributed by atoms with van der Waals surface area (Å²) in [7, 11) is 0. The van der Waals surface area contributed by atoms with Gasteiger partial charge in [-0.15, -0.1) is 0 Å². The highest BCUT2D eigenvalue weighted by Gasteiger charge is 2.09. The third kappa shape index (κ3) is 4.00. The van der Waals surface area contributed by atoms with Crippen molar-refractivity contribution in [3.8, 4) is 5.75 Å². The van der Waals surface area contributed by atoms with Gasteiger partial charge in [0.1, 0.15) is 10.7 Å². The van der Waals surface area contributed by atoms with E-state index >= 15 is 0 Å². The monoisotopic (exact) mass is 301 g/mol. The summed E-state index contributed by atoms with van der Waals surface area (Å²) in [6.07, 6.45) is 1.67. The fourth-order valence-electron chi connectivity index (χ4n) is 1.74. The molecular weight excluding hydrogens is 286 g/mol. The lowest BCUT2D eigenvalue weighted by atomic mass is 10.2. The molecule has 1 amide bonds. The second kappa shape index (κ2) is 6.81. The van der Waals surface area contributed by atoms with Crippen LogP contribution in [0.15, 0.2) is 42.6 Å². The van der Waals surface area contributed by atoms with Gasteiger partial charge in [-0.25, -0.2) is 0 Å². The van der Waals surface area contributed by atoms with Crippen molar-refractivity contribution in [2.24, 2.45) is 5.73 Å². The van der Waals surface area contributed by atoms with E-state index in [0.29, 0.717) is 17.0 Å². The van der Waals surface area contributed by atoms with Crippen molar-refractivity contribution < 1.29 is 9.53 Å². The van der Waals surface area contributed by atoms with Gasteiger partial charge in [-0.05, 0) is 31.2 Å². The van der Waals surface area contributed by atoms with Gasteiger partial charge in [0, 0.05) is 6.20 Å². The molecule has 0 radical (unpaired) electrons. The number of carbonyl (C=O) groups is 1. The van der Waals surface area contributed by atoms with E-state index in [2.05, 4.69) is 10.3 Å². The second-order valence-corrected chi connectivity index (χ2v) is 4.77. The van der Waals surface area contributed by atoms with Crippen LogP contribution >= 0.6 is 12.2 Å². The lowest BCUT2D eigenvalue weighted by Crippen LogP contribution is -2.22. The lowest BCUT2D eigenvalue weighted by molar-refractivity contribution is -0.118. The number of nitrogens with two attached hydrogens (primary N) is 1. The molecule has 5 nitrogen and oxygen atoms in total. The molecule has 0 aliphatic rings. The van der Waals surface area contributed by atoms with Crippen molar-refractivity contribution >= 4 is 28.8 Å². The zero-order valence-corrected chi connectivity index (χ0v) is 12.3. The third-order valence-corrected chi connectivity index (χ3v) is 3.01. The van der Waals surface area contributed by atoms with Crippen LogP contribution in [0.4, 0.5) is 5.69 Å². The number of thiocarbonyl (C=S) groups is 1. The summed E-state index contributed by atoms with van der Waals surface area (Å²) < 4.78 is 5.47. The molecule has 0 spiro atoms. The number of ether oxygens (including phenoxy) is 1. The van der Waals surface area contributed by atoms with E-state index in [1.54, 1.807) is 42.6 Å². The zero-order valence-electron chi connectivity index (χ0n) is 11.5. The largest absolute Gasteiger partial charge is 0.483 e. The number of rotatable bonds is 5. The van der Waals surface area contributed by atoms with Crippen molar-refractivity contribution in [2.45, 2.75) is 6.92 Å². The number of amides is 1. The zero-order chi connectivity index (χ0) is 15.2. The first-order valence-electron chi connectivity index (χ1n) is 6.31. The minimum absolute atomic E-state index is 0.131. The first-order valence-corrected chi connectivity index (χ1v) is 6.72. The summed E-state index contributed by atoms with van der Waals surface area (Å²) >= 11 is 4.94. The Hall–Kier alpha value is -2.47. The molecule has 0 saturated carbocycles. The molecule has 0 unspecified atom stereocenters. The Morgan fingerprint density at radius 3 is 2.81 bits per heavy atom. The van der Waals surface area contributed by atoms with Crippen LogP contribution in [-0.4, -0.2) is 22.5 Å². The number of nitrogens with one attached hydrogen (secondary N) is 1. The van der Waals surface area contributed by atoms with Gasteiger partial charge in [0.25, 0.3) is 5.91 Å². The topological polar surface area (TPSA) is 77.2 Å². The third-order valence-electron chi connectivity index (χ3n) is 2.79. The molecular formula is C15H15N3O2S.